The van der Waals surface area contributed by atoms with Crippen LogP contribution in [0.25, 0.3) is 0 Å². The van der Waals surface area contributed by atoms with Crippen molar-refractivity contribution < 1.29 is 5.11 Å². The van der Waals surface area contributed by atoms with Crippen molar-refractivity contribution in [1.29, 1.82) is 0 Å². The Morgan fingerprint density at radius 3 is 1.95 bits per heavy atom. The van der Waals surface area contributed by atoms with Gasteiger partial charge in [-0.25, -0.2) is 0 Å². The Morgan fingerprint density at radius 1 is 0.842 bits per heavy atom. The third-order valence-electron chi connectivity index (χ3n) is 3.70. The Kier molecular flexibility index (Phi) is 4.39. The Balaban J connectivity index is 2.43. The minimum absolute atomic E-state index is 0.739. The van der Waals surface area contributed by atoms with Crippen LogP contribution in [0.4, 0.5) is 0 Å². The third kappa shape index (κ3) is 2.87. The van der Waals surface area contributed by atoms with Gasteiger partial charge >= 0.3 is 0 Å². The Labute approximate surface area is 115 Å². The minimum atomic E-state index is -0.873. The van der Waals surface area contributed by atoms with Crippen molar-refractivity contribution in [2.45, 2.75) is 38.7 Å². The average Bonchev–Trinajstić information content (AvgIpc) is 2.48. The van der Waals surface area contributed by atoms with E-state index in [1.54, 1.807) is 0 Å². The predicted octanol–water partition coefficient (Wildman–Crippen LogP) is 4.29. The van der Waals surface area contributed by atoms with E-state index in [0.29, 0.717) is 0 Å². The van der Waals surface area contributed by atoms with E-state index >= 15 is 0 Å². The van der Waals surface area contributed by atoms with Crippen LogP contribution in [0.3, 0.4) is 0 Å². The van der Waals surface area contributed by atoms with Crippen molar-refractivity contribution in [2.75, 3.05) is 0 Å². The molecule has 1 N–H and O–H groups in total. The quantitative estimate of drug-likeness (QED) is 0.844. The number of rotatable bonds is 5. The molecule has 0 spiro atoms. The van der Waals surface area contributed by atoms with Crippen LogP contribution in [-0.4, -0.2) is 5.11 Å². The van der Waals surface area contributed by atoms with Crippen LogP contribution in [0.15, 0.2) is 54.6 Å². The van der Waals surface area contributed by atoms with E-state index in [0.717, 1.165) is 30.4 Å². The number of aryl methyl sites for hydroxylation is 1. The van der Waals surface area contributed by atoms with E-state index in [9.17, 15) is 5.11 Å². The Bertz CT molecular complexity index is 501. The van der Waals surface area contributed by atoms with Crippen molar-refractivity contribution in [1.82, 2.24) is 0 Å². The summed E-state index contributed by atoms with van der Waals surface area (Å²) in [6, 6.07) is 18.3. The minimum Gasteiger partial charge on any atom is -0.380 e. The highest BCUT2D eigenvalue weighted by molar-refractivity contribution is 5.37. The van der Waals surface area contributed by atoms with Gasteiger partial charge in [0, 0.05) is 0 Å². The highest BCUT2D eigenvalue weighted by Crippen LogP contribution is 2.34. The molecule has 2 rings (SSSR count). The third-order valence-corrected chi connectivity index (χ3v) is 3.70. The average molecular weight is 254 g/mol. The lowest BCUT2D eigenvalue weighted by Crippen LogP contribution is -2.27. The molecule has 1 nitrogen and oxygen atoms in total. The van der Waals surface area contributed by atoms with Gasteiger partial charge in [0.15, 0.2) is 0 Å². The fourth-order valence-corrected chi connectivity index (χ4v) is 2.55. The number of benzene rings is 2. The molecule has 0 aliphatic heterocycles. The van der Waals surface area contributed by atoms with Crippen LogP contribution in [0.1, 0.15) is 43.4 Å². The van der Waals surface area contributed by atoms with Gasteiger partial charge in [-0.1, -0.05) is 74.9 Å². The molecular weight excluding hydrogens is 232 g/mol. The highest BCUT2D eigenvalue weighted by atomic mass is 16.3. The van der Waals surface area contributed by atoms with Crippen molar-refractivity contribution in [3.8, 4) is 0 Å². The van der Waals surface area contributed by atoms with E-state index in [2.05, 4.69) is 38.1 Å². The zero-order valence-corrected chi connectivity index (χ0v) is 11.8. The summed E-state index contributed by atoms with van der Waals surface area (Å²) in [4.78, 5) is 0. The molecule has 0 saturated carbocycles. The summed E-state index contributed by atoms with van der Waals surface area (Å²) in [6.45, 7) is 4.25. The van der Waals surface area contributed by atoms with Crippen LogP contribution < -0.4 is 0 Å². The van der Waals surface area contributed by atoms with Gasteiger partial charge in [0.1, 0.15) is 5.60 Å². The molecule has 0 amide bonds. The maximum absolute atomic E-state index is 11.1. The summed E-state index contributed by atoms with van der Waals surface area (Å²) in [5, 5.41) is 11.1. The molecule has 0 aliphatic carbocycles. The Morgan fingerprint density at radius 2 is 1.42 bits per heavy atom. The summed E-state index contributed by atoms with van der Waals surface area (Å²) >= 11 is 0. The molecule has 2 aromatic rings. The molecule has 1 unspecified atom stereocenters. The van der Waals surface area contributed by atoms with Crippen LogP contribution in [0.2, 0.25) is 0 Å². The van der Waals surface area contributed by atoms with Gasteiger partial charge in [-0.2, -0.15) is 0 Å². The molecule has 0 aliphatic rings. The van der Waals surface area contributed by atoms with E-state index in [-0.39, 0.29) is 0 Å². The molecule has 0 fully saturated rings. The summed E-state index contributed by atoms with van der Waals surface area (Å²) in [5.74, 6) is 0. The van der Waals surface area contributed by atoms with Gasteiger partial charge in [-0.3, -0.25) is 0 Å². The molecule has 0 heterocycles. The van der Waals surface area contributed by atoms with Crippen molar-refractivity contribution >= 4 is 0 Å². The van der Waals surface area contributed by atoms with Gasteiger partial charge in [0.25, 0.3) is 0 Å². The second kappa shape index (κ2) is 6.03. The van der Waals surface area contributed by atoms with Crippen molar-refractivity contribution in [3.05, 3.63) is 71.3 Å². The molecule has 0 radical (unpaired) electrons. The molecule has 0 aromatic heterocycles. The standard InChI is InChI=1S/C18H22O/c1-3-14-18(19,16-8-6-5-7-9-16)17-12-10-15(4-2)11-13-17/h5-13,19H,3-4,14H2,1-2H3. The van der Waals surface area contributed by atoms with Gasteiger partial charge in [0.05, 0.1) is 0 Å². The normalized spacial score (nSPS) is 14.1. The molecule has 1 heteroatoms. The van der Waals surface area contributed by atoms with Crippen LogP contribution in [0.5, 0.6) is 0 Å². The van der Waals surface area contributed by atoms with Crippen molar-refractivity contribution in [3.63, 3.8) is 0 Å². The van der Waals surface area contributed by atoms with Crippen LogP contribution in [0, 0.1) is 0 Å². The van der Waals surface area contributed by atoms with Gasteiger partial charge in [-0.15, -0.1) is 0 Å². The lowest BCUT2D eigenvalue weighted by molar-refractivity contribution is 0.0702. The van der Waals surface area contributed by atoms with Gasteiger partial charge in [0.2, 0.25) is 0 Å². The number of hydrogen-bond acceptors (Lipinski definition) is 1. The smallest absolute Gasteiger partial charge is 0.115 e. The topological polar surface area (TPSA) is 20.2 Å². The molecule has 1 atom stereocenters. The summed E-state index contributed by atoms with van der Waals surface area (Å²) in [6.07, 6.45) is 2.71. The first-order valence-corrected chi connectivity index (χ1v) is 7.08. The van der Waals surface area contributed by atoms with Crippen LogP contribution in [-0.2, 0) is 12.0 Å². The summed E-state index contributed by atoms with van der Waals surface area (Å²) in [5.41, 5.74) is 2.39. The number of hydrogen-bond donors (Lipinski definition) is 1. The first kappa shape index (κ1) is 13.8. The first-order chi connectivity index (χ1) is 9.20. The highest BCUT2D eigenvalue weighted by Gasteiger charge is 2.30. The molecular formula is C18H22O. The molecule has 100 valence electrons. The first-order valence-electron chi connectivity index (χ1n) is 7.08. The van der Waals surface area contributed by atoms with E-state index < -0.39 is 5.60 Å². The monoisotopic (exact) mass is 254 g/mol. The van der Waals surface area contributed by atoms with E-state index in [4.69, 9.17) is 0 Å². The van der Waals surface area contributed by atoms with Crippen LogP contribution >= 0.6 is 0 Å². The second-order valence-electron chi connectivity index (χ2n) is 5.03. The fraction of sp³-hybridized carbons (Fsp3) is 0.333. The van der Waals surface area contributed by atoms with Gasteiger partial charge in [-0.05, 0) is 29.5 Å². The summed E-state index contributed by atoms with van der Waals surface area (Å²) in [7, 11) is 0. The maximum atomic E-state index is 11.1. The molecule has 0 saturated heterocycles. The molecule has 2 aromatic carbocycles. The zero-order valence-electron chi connectivity index (χ0n) is 11.8. The Hall–Kier alpha value is -1.60. The summed E-state index contributed by atoms with van der Waals surface area (Å²) < 4.78 is 0. The second-order valence-corrected chi connectivity index (χ2v) is 5.03. The van der Waals surface area contributed by atoms with Gasteiger partial charge < -0.3 is 5.11 Å². The fourth-order valence-electron chi connectivity index (χ4n) is 2.55. The van der Waals surface area contributed by atoms with E-state index in [1.807, 2.05) is 30.3 Å². The number of aliphatic hydroxyl groups is 1. The largest absolute Gasteiger partial charge is 0.380 e. The SMILES string of the molecule is CCCC(O)(c1ccccc1)c1ccc(CC)cc1. The van der Waals surface area contributed by atoms with E-state index in [1.165, 1.54) is 5.56 Å². The molecule has 19 heavy (non-hydrogen) atoms. The molecule has 0 bridgehead atoms. The zero-order chi connectivity index (χ0) is 13.7. The lowest BCUT2D eigenvalue weighted by atomic mass is 9.82. The predicted molar refractivity (Wildman–Crippen MR) is 80.2 cm³/mol. The van der Waals surface area contributed by atoms with Crippen molar-refractivity contribution in [2.24, 2.45) is 0 Å². The maximum Gasteiger partial charge on any atom is 0.115 e. The lowest BCUT2D eigenvalue weighted by Gasteiger charge is -2.29.